The van der Waals surface area contributed by atoms with Gasteiger partial charge in [-0.05, 0) is 37.1 Å². The van der Waals surface area contributed by atoms with Gasteiger partial charge >= 0.3 is 0 Å². The Morgan fingerprint density at radius 1 is 1.09 bits per heavy atom. The zero-order valence-corrected chi connectivity index (χ0v) is 12.1. The predicted molar refractivity (Wildman–Crippen MR) is 79.8 cm³/mol. The number of benzene rings is 1. The predicted octanol–water partition coefficient (Wildman–Crippen LogP) is 3.98. The standard InChI is InChI=1S/C16H14F3N3O/c17-11-5-6-12(15(19)14(11)18)21-10-4-7-13(20-8-10)22-16(23)9-2-1-3-9/h4-9,21H,1-3H2,(H,20,22,23). The lowest BCUT2D eigenvalue weighted by Crippen LogP contribution is -2.28. The Labute approximate surface area is 130 Å². The molecule has 0 unspecified atom stereocenters. The van der Waals surface area contributed by atoms with E-state index < -0.39 is 17.5 Å². The second kappa shape index (κ2) is 6.28. The molecule has 0 spiro atoms. The Kier molecular flexibility index (Phi) is 4.18. The van der Waals surface area contributed by atoms with Crippen molar-refractivity contribution in [3.8, 4) is 0 Å². The highest BCUT2D eigenvalue weighted by Crippen LogP contribution is 2.28. The number of nitrogens with one attached hydrogen (secondary N) is 2. The van der Waals surface area contributed by atoms with E-state index in [9.17, 15) is 18.0 Å². The van der Waals surface area contributed by atoms with Crippen LogP contribution >= 0.6 is 0 Å². The molecule has 0 radical (unpaired) electrons. The molecule has 4 nitrogen and oxygen atoms in total. The van der Waals surface area contributed by atoms with Gasteiger partial charge < -0.3 is 10.6 Å². The van der Waals surface area contributed by atoms with Crippen LogP contribution in [0.1, 0.15) is 19.3 Å². The van der Waals surface area contributed by atoms with Gasteiger partial charge in [0.15, 0.2) is 17.5 Å². The summed E-state index contributed by atoms with van der Waals surface area (Å²) in [5, 5.41) is 5.31. The van der Waals surface area contributed by atoms with E-state index >= 15 is 0 Å². The van der Waals surface area contributed by atoms with Crippen LogP contribution in [-0.4, -0.2) is 10.9 Å². The summed E-state index contributed by atoms with van der Waals surface area (Å²) in [6.45, 7) is 0. The highest BCUT2D eigenvalue weighted by molar-refractivity contribution is 5.92. The van der Waals surface area contributed by atoms with Crippen molar-refractivity contribution >= 4 is 23.1 Å². The fourth-order valence-electron chi connectivity index (χ4n) is 2.22. The molecule has 0 saturated heterocycles. The first-order valence-electron chi connectivity index (χ1n) is 7.22. The van der Waals surface area contributed by atoms with E-state index in [0.717, 1.165) is 31.4 Å². The largest absolute Gasteiger partial charge is 0.352 e. The fourth-order valence-corrected chi connectivity index (χ4v) is 2.22. The lowest BCUT2D eigenvalue weighted by Gasteiger charge is -2.23. The van der Waals surface area contributed by atoms with E-state index in [4.69, 9.17) is 0 Å². The first-order valence-corrected chi connectivity index (χ1v) is 7.22. The molecule has 1 fully saturated rings. The molecule has 1 aromatic heterocycles. The average molecular weight is 321 g/mol. The van der Waals surface area contributed by atoms with Gasteiger partial charge in [-0.1, -0.05) is 6.42 Å². The van der Waals surface area contributed by atoms with Gasteiger partial charge in [0.25, 0.3) is 0 Å². The summed E-state index contributed by atoms with van der Waals surface area (Å²) in [5.41, 5.74) is 0.188. The van der Waals surface area contributed by atoms with Crippen LogP contribution in [0.15, 0.2) is 30.5 Å². The van der Waals surface area contributed by atoms with E-state index in [2.05, 4.69) is 15.6 Å². The molecule has 0 aliphatic heterocycles. The topological polar surface area (TPSA) is 54.0 Å². The van der Waals surface area contributed by atoms with Crippen LogP contribution in [0.5, 0.6) is 0 Å². The van der Waals surface area contributed by atoms with E-state index in [-0.39, 0.29) is 17.5 Å². The van der Waals surface area contributed by atoms with E-state index in [1.54, 1.807) is 12.1 Å². The number of aromatic nitrogens is 1. The van der Waals surface area contributed by atoms with Gasteiger partial charge in [-0.2, -0.15) is 0 Å². The van der Waals surface area contributed by atoms with Crippen molar-refractivity contribution in [2.45, 2.75) is 19.3 Å². The highest BCUT2D eigenvalue weighted by atomic mass is 19.2. The Bertz CT molecular complexity index is 730. The number of anilines is 3. The lowest BCUT2D eigenvalue weighted by atomic mass is 9.85. The van der Waals surface area contributed by atoms with Crippen LogP contribution in [0.4, 0.5) is 30.4 Å². The Morgan fingerprint density at radius 3 is 2.48 bits per heavy atom. The van der Waals surface area contributed by atoms with Crippen LogP contribution in [0.25, 0.3) is 0 Å². The monoisotopic (exact) mass is 321 g/mol. The van der Waals surface area contributed by atoms with Crippen molar-refractivity contribution < 1.29 is 18.0 Å². The Balaban J connectivity index is 1.68. The molecule has 1 heterocycles. The molecule has 7 heteroatoms. The number of carbonyl (C=O) groups is 1. The zero-order valence-electron chi connectivity index (χ0n) is 12.1. The zero-order chi connectivity index (χ0) is 16.4. The van der Waals surface area contributed by atoms with Crippen LogP contribution < -0.4 is 10.6 Å². The quantitative estimate of drug-likeness (QED) is 0.838. The number of halogens is 3. The second-order valence-corrected chi connectivity index (χ2v) is 5.40. The molecule has 1 saturated carbocycles. The van der Waals surface area contributed by atoms with Crippen LogP contribution in [0, 0.1) is 23.4 Å². The normalized spacial score (nSPS) is 14.2. The van der Waals surface area contributed by atoms with Crippen molar-refractivity contribution in [3.63, 3.8) is 0 Å². The third-order valence-corrected chi connectivity index (χ3v) is 3.80. The second-order valence-electron chi connectivity index (χ2n) is 5.40. The van der Waals surface area contributed by atoms with E-state index in [1.165, 1.54) is 6.20 Å². The van der Waals surface area contributed by atoms with Crippen molar-refractivity contribution in [3.05, 3.63) is 47.9 Å². The Morgan fingerprint density at radius 2 is 1.87 bits per heavy atom. The maximum atomic E-state index is 13.6. The molecule has 1 amide bonds. The summed E-state index contributed by atoms with van der Waals surface area (Å²) in [6.07, 6.45) is 4.22. The van der Waals surface area contributed by atoms with Gasteiger partial charge in [0.1, 0.15) is 5.82 Å². The average Bonchev–Trinajstić information content (AvgIpc) is 2.48. The van der Waals surface area contributed by atoms with E-state index in [1.807, 2.05) is 0 Å². The molecule has 0 atom stereocenters. The van der Waals surface area contributed by atoms with Crippen molar-refractivity contribution in [2.24, 2.45) is 5.92 Å². The molecule has 120 valence electrons. The molecule has 1 aliphatic rings. The number of amides is 1. The minimum absolute atomic E-state index is 0.0471. The number of rotatable bonds is 4. The smallest absolute Gasteiger partial charge is 0.228 e. The Hall–Kier alpha value is -2.57. The van der Waals surface area contributed by atoms with Gasteiger partial charge in [-0.15, -0.1) is 0 Å². The SMILES string of the molecule is O=C(Nc1ccc(Nc2ccc(F)c(F)c2F)cn1)C1CCC1. The van der Waals surface area contributed by atoms with Crippen molar-refractivity contribution in [2.75, 3.05) is 10.6 Å². The summed E-state index contributed by atoms with van der Waals surface area (Å²) in [7, 11) is 0. The molecular weight excluding hydrogens is 307 g/mol. The van der Waals surface area contributed by atoms with Crippen molar-refractivity contribution in [1.82, 2.24) is 4.98 Å². The molecular formula is C16H14F3N3O. The minimum atomic E-state index is -1.53. The summed E-state index contributed by atoms with van der Waals surface area (Å²) < 4.78 is 39.6. The lowest BCUT2D eigenvalue weighted by molar-refractivity contribution is -0.122. The van der Waals surface area contributed by atoms with Crippen LogP contribution in [0.2, 0.25) is 0 Å². The summed E-state index contributed by atoms with van der Waals surface area (Å²) in [5.74, 6) is -3.71. The number of nitrogens with zero attached hydrogens (tertiary/aromatic N) is 1. The first kappa shape index (κ1) is 15.3. The highest BCUT2D eigenvalue weighted by Gasteiger charge is 2.25. The fraction of sp³-hybridized carbons (Fsp3) is 0.250. The maximum Gasteiger partial charge on any atom is 0.228 e. The van der Waals surface area contributed by atoms with Crippen LogP contribution in [-0.2, 0) is 4.79 Å². The third-order valence-electron chi connectivity index (χ3n) is 3.80. The molecule has 1 aliphatic carbocycles. The molecule has 1 aromatic carbocycles. The summed E-state index contributed by atoms with van der Waals surface area (Å²) >= 11 is 0. The molecule has 23 heavy (non-hydrogen) atoms. The van der Waals surface area contributed by atoms with Gasteiger partial charge in [0.05, 0.1) is 17.6 Å². The summed E-state index contributed by atoms with van der Waals surface area (Å²) in [6, 6.07) is 5.04. The number of carbonyl (C=O) groups excluding carboxylic acids is 1. The number of pyridine rings is 1. The van der Waals surface area contributed by atoms with Gasteiger partial charge in [0.2, 0.25) is 5.91 Å². The minimum Gasteiger partial charge on any atom is -0.352 e. The molecule has 2 N–H and O–H groups in total. The van der Waals surface area contributed by atoms with Gasteiger partial charge in [-0.3, -0.25) is 4.79 Å². The summed E-state index contributed by atoms with van der Waals surface area (Å²) in [4.78, 5) is 15.8. The van der Waals surface area contributed by atoms with Crippen LogP contribution in [0.3, 0.4) is 0 Å². The van der Waals surface area contributed by atoms with Crippen molar-refractivity contribution in [1.29, 1.82) is 0 Å². The van der Waals surface area contributed by atoms with Gasteiger partial charge in [0, 0.05) is 5.92 Å². The third kappa shape index (κ3) is 3.28. The molecule has 0 bridgehead atoms. The molecule has 3 rings (SSSR count). The first-order chi connectivity index (χ1) is 11.0. The maximum absolute atomic E-state index is 13.6. The molecule has 2 aromatic rings. The van der Waals surface area contributed by atoms with Gasteiger partial charge in [-0.25, -0.2) is 18.2 Å². The van der Waals surface area contributed by atoms with E-state index in [0.29, 0.717) is 11.5 Å². The number of hydrogen-bond acceptors (Lipinski definition) is 3. The number of hydrogen-bond donors (Lipinski definition) is 2.